The van der Waals surface area contributed by atoms with Gasteiger partial charge in [-0.25, -0.2) is 9.97 Å². The fraction of sp³-hybridized carbons (Fsp3) is 0.150. The molecule has 0 atom stereocenters. The first kappa shape index (κ1) is 17.3. The lowest BCUT2D eigenvalue weighted by molar-refractivity contribution is 0.476. The molecule has 0 fully saturated rings. The highest BCUT2D eigenvalue weighted by Crippen LogP contribution is 2.40. The van der Waals surface area contributed by atoms with Crippen LogP contribution in [-0.2, 0) is 12.8 Å². The fourth-order valence-electron chi connectivity index (χ4n) is 3.82. The predicted molar refractivity (Wildman–Crippen MR) is 110 cm³/mol. The highest BCUT2D eigenvalue weighted by Gasteiger charge is 2.27. The van der Waals surface area contributed by atoms with Gasteiger partial charge in [0.05, 0.1) is 21.1 Å². The second-order valence-corrected chi connectivity index (χ2v) is 7.74. The van der Waals surface area contributed by atoms with E-state index < -0.39 is 0 Å². The topological polar surface area (TPSA) is 101 Å². The van der Waals surface area contributed by atoms with Crippen molar-refractivity contribution in [2.75, 3.05) is 5.73 Å². The number of phenolic OH excluding ortho intramolecular Hbond substituents is 1. The summed E-state index contributed by atoms with van der Waals surface area (Å²) in [7, 11) is 0. The van der Waals surface area contributed by atoms with Crippen LogP contribution in [0.25, 0.3) is 22.3 Å². The molecule has 140 valence electrons. The van der Waals surface area contributed by atoms with Crippen LogP contribution in [0.1, 0.15) is 22.9 Å². The van der Waals surface area contributed by atoms with Crippen molar-refractivity contribution in [2.45, 2.75) is 18.8 Å². The van der Waals surface area contributed by atoms with Crippen LogP contribution in [-0.4, -0.2) is 25.3 Å². The van der Waals surface area contributed by atoms with Crippen LogP contribution >= 0.6 is 23.2 Å². The van der Waals surface area contributed by atoms with E-state index in [0.717, 1.165) is 12.8 Å². The van der Waals surface area contributed by atoms with Crippen molar-refractivity contribution in [1.82, 2.24) is 20.2 Å². The summed E-state index contributed by atoms with van der Waals surface area (Å²) in [5.74, 6) is 1.10. The number of nitrogen functional groups attached to an aromatic ring is 1. The lowest BCUT2D eigenvalue weighted by Crippen LogP contribution is -2.07. The number of rotatable bonds is 2. The first-order valence-corrected chi connectivity index (χ1v) is 9.53. The lowest BCUT2D eigenvalue weighted by atomic mass is 10.0. The fourth-order valence-corrected chi connectivity index (χ4v) is 4.29. The van der Waals surface area contributed by atoms with Crippen LogP contribution in [0.5, 0.6) is 5.75 Å². The van der Waals surface area contributed by atoms with Crippen LogP contribution in [0, 0.1) is 0 Å². The molecular formula is C20H15Cl2N5O. The third kappa shape index (κ3) is 2.68. The highest BCUT2D eigenvalue weighted by atomic mass is 35.5. The highest BCUT2D eigenvalue weighted by molar-refractivity contribution is 6.37. The number of H-pyrrole nitrogens is 1. The van der Waals surface area contributed by atoms with Gasteiger partial charge >= 0.3 is 0 Å². The number of halogens is 2. The molecule has 0 spiro atoms. The summed E-state index contributed by atoms with van der Waals surface area (Å²) in [6.45, 7) is 0. The number of aromatic amines is 1. The monoisotopic (exact) mass is 411 g/mol. The van der Waals surface area contributed by atoms with Crippen molar-refractivity contribution < 1.29 is 5.11 Å². The first-order valence-electron chi connectivity index (χ1n) is 8.78. The molecular weight excluding hydrogens is 397 g/mol. The van der Waals surface area contributed by atoms with Gasteiger partial charge in [-0.15, -0.1) is 0 Å². The molecule has 0 saturated heterocycles. The summed E-state index contributed by atoms with van der Waals surface area (Å²) in [5.41, 5.74) is 10.5. The molecule has 28 heavy (non-hydrogen) atoms. The minimum Gasteiger partial charge on any atom is -0.506 e. The number of nitrogens with zero attached hydrogens (tertiary/aromatic N) is 3. The maximum Gasteiger partial charge on any atom is 0.187 e. The zero-order valence-electron chi connectivity index (χ0n) is 14.6. The van der Waals surface area contributed by atoms with Gasteiger partial charge in [-0.2, -0.15) is 5.10 Å². The SMILES string of the molecule is Nc1nc(C2Cc3ccccc3C2)nc2n[nH]c(-c3cc(O)c(Cl)cc3Cl)c12. The van der Waals surface area contributed by atoms with Crippen molar-refractivity contribution in [1.29, 1.82) is 0 Å². The number of hydrogen-bond donors (Lipinski definition) is 3. The molecule has 0 saturated carbocycles. The second-order valence-electron chi connectivity index (χ2n) is 6.92. The molecule has 4 aromatic rings. The van der Waals surface area contributed by atoms with E-state index in [9.17, 15) is 5.11 Å². The van der Waals surface area contributed by atoms with Gasteiger partial charge in [0.25, 0.3) is 0 Å². The number of hydrogen-bond acceptors (Lipinski definition) is 5. The Kier molecular flexibility index (Phi) is 3.92. The summed E-state index contributed by atoms with van der Waals surface area (Å²) in [4.78, 5) is 9.22. The summed E-state index contributed by atoms with van der Waals surface area (Å²) in [6, 6.07) is 11.3. The largest absolute Gasteiger partial charge is 0.506 e. The maximum atomic E-state index is 9.95. The van der Waals surface area contributed by atoms with Gasteiger partial charge in [-0.1, -0.05) is 47.5 Å². The third-order valence-electron chi connectivity index (χ3n) is 5.18. The van der Waals surface area contributed by atoms with Gasteiger partial charge in [-0.3, -0.25) is 5.10 Å². The van der Waals surface area contributed by atoms with Gasteiger partial charge < -0.3 is 10.8 Å². The molecule has 1 aliphatic rings. The number of anilines is 1. The molecule has 0 bridgehead atoms. The molecule has 2 aromatic carbocycles. The van der Waals surface area contributed by atoms with Crippen molar-refractivity contribution in [3.05, 3.63) is 63.4 Å². The Morgan fingerprint density at radius 1 is 1.04 bits per heavy atom. The van der Waals surface area contributed by atoms with Gasteiger partial charge in [0.1, 0.15) is 17.4 Å². The zero-order chi connectivity index (χ0) is 19.4. The van der Waals surface area contributed by atoms with Crippen LogP contribution in [0.15, 0.2) is 36.4 Å². The Bertz CT molecular complexity index is 1210. The number of nitrogens with one attached hydrogen (secondary N) is 1. The average molecular weight is 412 g/mol. The standard InChI is InChI=1S/C20H15Cl2N5O/c21-13-8-14(22)15(28)7-12(13)17-16-18(23)24-19(25-20(16)27-26-17)11-5-9-3-1-2-4-10(9)6-11/h1-4,7-8,11,28H,5-6H2,(H3,23,24,25,26,27). The molecule has 2 heterocycles. The normalized spacial score (nSPS) is 13.9. The average Bonchev–Trinajstić information content (AvgIpc) is 3.29. The zero-order valence-corrected chi connectivity index (χ0v) is 16.1. The lowest BCUT2D eigenvalue weighted by Gasteiger charge is -2.09. The smallest absolute Gasteiger partial charge is 0.187 e. The molecule has 4 N–H and O–H groups in total. The Hall–Kier alpha value is -2.83. The molecule has 0 radical (unpaired) electrons. The van der Waals surface area contributed by atoms with Crippen LogP contribution in [0.3, 0.4) is 0 Å². The number of nitrogens with two attached hydrogens (primary N) is 1. The molecule has 0 unspecified atom stereocenters. The minimum absolute atomic E-state index is 0.0800. The quantitative estimate of drug-likeness (QED) is 0.450. The second kappa shape index (κ2) is 6.36. The Balaban J connectivity index is 1.59. The molecule has 0 aliphatic heterocycles. The Morgan fingerprint density at radius 3 is 2.46 bits per heavy atom. The van der Waals surface area contributed by atoms with Gasteiger partial charge in [0, 0.05) is 11.5 Å². The predicted octanol–water partition coefficient (Wildman–Crippen LogP) is 4.50. The van der Waals surface area contributed by atoms with E-state index in [2.05, 4.69) is 32.3 Å². The number of aromatic nitrogens is 4. The van der Waals surface area contributed by atoms with Crippen molar-refractivity contribution in [3.8, 4) is 17.0 Å². The summed E-state index contributed by atoms with van der Waals surface area (Å²) >= 11 is 12.2. The van der Waals surface area contributed by atoms with Gasteiger partial charge in [0.2, 0.25) is 0 Å². The van der Waals surface area contributed by atoms with Crippen LogP contribution < -0.4 is 5.73 Å². The third-order valence-corrected chi connectivity index (χ3v) is 5.80. The molecule has 1 aliphatic carbocycles. The first-order chi connectivity index (χ1) is 13.5. The minimum atomic E-state index is -0.0800. The van der Waals surface area contributed by atoms with E-state index in [-0.39, 0.29) is 16.7 Å². The Labute approximate surface area is 170 Å². The molecule has 2 aromatic heterocycles. The van der Waals surface area contributed by atoms with E-state index in [0.29, 0.717) is 39.0 Å². The van der Waals surface area contributed by atoms with Crippen molar-refractivity contribution in [2.24, 2.45) is 0 Å². The molecule has 0 amide bonds. The van der Waals surface area contributed by atoms with Crippen molar-refractivity contribution >= 4 is 40.1 Å². The van der Waals surface area contributed by atoms with E-state index in [4.69, 9.17) is 28.9 Å². The van der Waals surface area contributed by atoms with E-state index in [1.54, 1.807) is 0 Å². The van der Waals surface area contributed by atoms with Gasteiger partial charge in [0.15, 0.2) is 5.65 Å². The van der Waals surface area contributed by atoms with Crippen LogP contribution in [0.4, 0.5) is 5.82 Å². The summed E-state index contributed by atoms with van der Waals surface area (Å²) < 4.78 is 0. The number of phenols is 1. The Morgan fingerprint density at radius 2 is 1.75 bits per heavy atom. The van der Waals surface area contributed by atoms with E-state index >= 15 is 0 Å². The van der Waals surface area contributed by atoms with Crippen LogP contribution in [0.2, 0.25) is 10.0 Å². The van der Waals surface area contributed by atoms with E-state index in [1.165, 1.54) is 23.3 Å². The van der Waals surface area contributed by atoms with Crippen molar-refractivity contribution in [3.63, 3.8) is 0 Å². The number of benzene rings is 2. The number of fused-ring (bicyclic) bond motifs is 2. The van der Waals surface area contributed by atoms with E-state index in [1.807, 2.05) is 12.1 Å². The molecule has 5 rings (SSSR count). The maximum absolute atomic E-state index is 9.95. The number of aromatic hydroxyl groups is 1. The molecule has 6 nitrogen and oxygen atoms in total. The summed E-state index contributed by atoms with van der Waals surface area (Å²) in [6.07, 6.45) is 1.77. The van der Waals surface area contributed by atoms with Gasteiger partial charge in [-0.05, 0) is 36.1 Å². The molecule has 8 heteroatoms. The summed E-state index contributed by atoms with van der Waals surface area (Å²) in [5, 5.41) is 18.3.